The number of carbonyl (C=O) groups is 1. The van der Waals surface area contributed by atoms with Crippen molar-refractivity contribution < 1.29 is 9.53 Å². The Balaban J connectivity index is 2.49. The van der Waals surface area contributed by atoms with Crippen molar-refractivity contribution in [2.75, 3.05) is 6.61 Å². The summed E-state index contributed by atoms with van der Waals surface area (Å²) in [4.78, 5) is 11.9. The molecule has 1 atom stereocenters. The summed E-state index contributed by atoms with van der Waals surface area (Å²) in [5.74, 6) is 0.621. The van der Waals surface area contributed by atoms with E-state index in [1.807, 2.05) is 12.1 Å². The van der Waals surface area contributed by atoms with Crippen molar-refractivity contribution in [3.8, 4) is 5.75 Å². The van der Waals surface area contributed by atoms with E-state index in [4.69, 9.17) is 10.1 Å². The van der Waals surface area contributed by atoms with E-state index in [0.717, 1.165) is 12.2 Å². The van der Waals surface area contributed by atoms with Gasteiger partial charge in [0.15, 0.2) is 0 Å². The van der Waals surface area contributed by atoms with Gasteiger partial charge in [-0.25, -0.2) is 0 Å². The third-order valence-corrected chi connectivity index (χ3v) is 3.13. The SMILES string of the molecule is CCCCCOc1ccc(C(=O)NC(C)C(C)=N)cc1. The summed E-state index contributed by atoms with van der Waals surface area (Å²) in [5.41, 5.74) is 1.02. The fraction of sp³-hybridized carbons (Fsp3) is 0.500. The summed E-state index contributed by atoms with van der Waals surface area (Å²) in [7, 11) is 0. The maximum atomic E-state index is 11.9. The number of amides is 1. The molecular weight excluding hydrogens is 252 g/mol. The number of ether oxygens (including phenoxy) is 1. The molecule has 0 saturated carbocycles. The quantitative estimate of drug-likeness (QED) is 0.564. The van der Waals surface area contributed by atoms with Crippen molar-refractivity contribution in [2.24, 2.45) is 0 Å². The molecule has 110 valence electrons. The zero-order chi connectivity index (χ0) is 15.0. The maximum absolute atomic E-state index is 11.9. The second-order valence-corrected chi connectivity index (χ2v) is 4.96. The van der Waals surface area contributed by atoms with Crippen molar-refractivity contribution >= 4 is 11.6 Å². The number of rotatable bonds is 8. The molecule has 2 N–H and O–H groups in total. The molecule has 1 unspecified atom stereocenters. The number of hydrogen-bond donors (Lipinski definition) is 2. The van der Waals surface area contributed by atoms with Gasteiger partial charge in [0.05, 0.1) is 12.6 Å². The first-order valence-corrected chi connectivity index (χ1v) is 7.13. The number of benzene rings is 1. The molecule has 1 aromatic rings. The minimum absolute atomic E-state index is 0.165. The van der Waals surface area contributed by atoms with Gasteiger partial charge in [-0.2, -0.15) is 0 Å². The van der Waals surface area contributed by atoms with Gasteiger partial charge >= 0.3 is 0 Å². The van der Waals surface area contributed by atoms with Crippen LogP contribution in [0.4, 0.5) is 0 Å². The predicted octanol–water partition coefficient (Wildman–Crippen LogP) is 3.41. The molecule has 1 rings (SSSR count). The molecule has 0 saturated heterocycles. The van der Waals surface area contributed by atoms with E-state index in [1.54, 1.807) is 26.0 Å². The van der Waals surface area contributed by atoms with E-state index in [1.165, 1.54) is 12.8 Å². The van der Waals surface area contributed by atoms with Crippen LogP contribution in [0.1, 0.15) is 50.4 Å². The molecule has 0 heterocycles. The molecule has 0 aliphatic heterocycles. The summed E-state index contributed by atoms with van der Waals surface area (Å²) in [6.45, 7) is 6.34. The highest BCUT2D eigenvalue weighted by molar-refractivity contribution is 5.97. The van der Waals surface area contributed by atoms with Gasteiger partial charge in [0.1, 0.15) is 5.75 Å². The number of carbonyl (C=O) groups excluding carboxylic acids is 1. The van der Waals surface area contributed by atoms with Gasteiger partial charge in [-0.1, -0.05) is 19.8 Å². The molecule has 1 amide bonds. The number of nitrogens with one attached hydrogen (secondary N) is 2. The van der Waals surface area contributed by atoms with Gasteiger partial charge in [-0.05, 0) is 44.5 Å². The predicted molar refractivity (Wildman–Crippen MR) is 81.8 cm³/mol. The van der Waals surface area contributed by atoms with E-state index < -0.39 is 0 Å². The van der Waals surface area contributed by atoms with Crippen molar-refractivity contribution in [1.29, 1.82) is 5.41 Å². The first-order valence-electron chi connectivity index (χ1n) is 7.13. The fourth-order valence-electron chi connectivity index (χ4n) is 1.63. The van der Waals surface area contributed by atoms with Gasteiger partial charge in [0, 0.05) is 11.3 Å². The van der Waals surface area contributed by atoms with Crippen LogP contribution < -0.4 is 10.1 Å². The average Bonchev–Trinajstić information content (AvgIpc) is 2.44. The van der Waals surface area contributed by atoms with Crippen LogP contribution in [0.15, 0.2) is 24.3 Å². The normalized spacial score (nSPS) is 11.8. The Morgan fingerprint density at radius 3 is 2.50 bits per heavy atom. The largest absolute Gasteiger partial charge is 0.494 e. The highest BCUT2D eigenvalue weighted by atomic mass is 16.5. The van der Waals surface area contributed by atoms with Crippen LogP contribution in [0, 0.1) is 5.41 Å². The molecule has 20 heavy (non-hydrogen) atoms. The van der Waals surface area contributed by atoms with Gasteiger partial charge in [-0.15, -0.1) is 0 Å². The lowest BCUT2D eigenvalue weighted by molar-refractivity contribution is 0.0949. The molecule has 0 fully saturated rings. The minimum atomic E-state index is -0.243. The molecule has 1 aromatic carbocycles. The van der Waals surface area contributed by atoms with Crippen molar-refractivity contribution in [2.45, 2.75) is 46.1 Å². The zero-order valence-electron chi connectivity index (χ0n) is 12.5. The summed E-state index contributed by atoms with van der Waals surface area (Å²) in [6, 6.07) is 6.87. The third kappa shape index (κ3) is 5.43. The van der Waals surface area contributed by atoms with E-state index >= 15 is 0 Å². The fourth-order valence-corrected chi connectivity index (χ4v) is 1.63. The Morgan fingerprint density at radius 2 is 1.95 bits per heavy atom. The standard InChI is InChI=1S/C16H24N2O2/c1-4-5-6-11-20-15-9-7-14(8-10-15)16(19)18-13(3)12(2)17/h7-10,13,17H,4-6,11H2,1-3H3,(H,18,19). The monoisotopic (exact) mass is 276 g/mol. The highest BCUT2D eigenvalue weighted by Crippen LogP contribution is 2.13. The van der Waals surface area contributed by atoms with E-state index in [2.05, 4.69) is 12.2 Å². The zero-order valence-corrected chi connectivity index (χ0v) is 12.5. The van der Waals surface area contributed by atoms with Crippen LogP contribution in [-0.4, -0.2) is 24.3 Å². The van der Waals surface area contributed by atoms with Gasteiger partial charge in [0.2, 0.25) is 0 Å². The van der Waals surface area contributed by atoms with Crippen LogP contribution in [0.25, 0.3) is 0 Å². The first-order chi connectivity index (χ1) is 9.54. The van der Waals surface area contributed by atoms with Gasteiger partial charge in [-0.3, -0.25) is 4.79 Å². The lowest BCUT2D eigenvalue weighted by atomic mass is 10.1. The highest BCUT2D eigenvalue weighted by Gasteiger charge is 2.10. The molecular formula is C16H24N2O2. The third-order valence-electron chi connectivity index (χ3n) is 3.13. The van der Waals surface area contributed by atoms with E-state index in [-0.39, 0.29) is 11.9 Å². The Morgan fingerprint density at radius 1 is 1.30 bits per heavy atom. The summed E-state index contributed by atoms with van der Waals surface area (Å²) in [6.07, 6.45) is 3.39. The van der Waals surface area contributed by atoms with Crippen LogP contribution in [0.2, 0.25) is 0 Å². The molecule has 0 bridgehead atoms. The Labute approximate surface area is 121 Å². The van der Waals surface area contributed by atoms with Crippen LogP contribution >= 0.6 is 0 Å². The van der Waals surface area contributed by atoms with Crippen molar-refractivity contribution in [3.05, 3.63) is 29.8 Å². The van der Waals surface area contributed by atoms with Gasteiger partial charge < -0.3 is 15.5 Å². The molecule has 0 spiro atoms. The molecule has 0 aliphatic carbocycles. The number of hydrogen-bond acceptors (Lipinski definition) is 3. The smallest absolute Gasteiger partial charge is 0.251 e. The van der Waals surface area contributed by atoms with Crippen LogP contribution in [0.3, 0.4) is 0 Å². The summed E-state index contributed by atoms with van der Waals surface area (Å²) < 4.78 is 5.60. The van der Waals surface area contributed by atoms with Crippen molar-refractivity contribution in [3.63, 3.8) is 0 Å². The Bertz CT molecular complexity index is 440. The molecule has 4 heteroatoms. The summed E-state index contributed by atoms with van der Waals surface area (Å²) >= 11 is 0. The lowest BCUT2D eigenvalue weighted by Gasteiger charge is -2.12. The topological polar surface area (TPSA) is 62.2 Å². The molecule has 4 nitrogen and oxygen atoms in total. The summed E-state index contributed by atoms with van der Waals surface area (Å²) in [5, 5.41) is 10.2. The van der Waals surface area contributed by atoms with Crippen molar-refractivity contribution in [1.82, 2.24) is 5.32 Å². The minimum Gasteiger partial charge on any atom is -0.494 e. The molecule has 0 radical (unpaired) electrons. The number of unbranched alkanes of at least 4 members (excludes halogenated alkanes) is 2. The Kier molecular flexibility index (Phi) is 6.77. The van der Waals surface area contributed by atoms with Crippen LogP contribution in [0.5, 0.6) is 5.75 Å². The lowest BCUT2D eigenvalue weighted by Crippen LogP contribution is -2.36. The second-order valence-electron chi connectivity index (χ2n) is 4.96. The Hall–Kier alpha value is -1.84. The second kappa shape index (κ2) is 8.35. The van der Waals surface area contributed by atoms with E-state index in [0.29, 0.717) is 17.9 Å². The van der Waals surface area contributed by atoms with Gasteiger partial charge in [0.25, 0.3) is 5.91 Å². The first kappa shape index (κ1) is 16.2. The van der Waals surface area contributed by atoms with E-state index in [9.17, 15) is 4.79 Å². The molecule has 0 aliphatic rings. The van der Waals surface area contributed by atoms with Crippen LogP contribution in [-0.2, 0) is 0 Å². The maximum Gasteiger partial charge on any atom is 0.251 e. The molecule has 0 aromatic heterocycles. The average molecular weight is 276 g/mol.